The first-order chi connectivity index (χ1) is 7.27. The first-order valence-electron chi connectivity index (χ1n) is 5.22. The summed E-state index contributed by atoms with van der Waals surface area (Å²) in [5, 5.41) is 3.27. The molecule has 0 aromatic carbocycles. The third-order valence-corrected chi connectivity index (χ3v) is 2.80. The highest BCUT2D eigenvalue weighted by atomic mass is 19.3. The number of pyridine rings is 1. The van der Waals surface area contributed by atoms with Gasteiger partial charge in [-0.05, 0) is 43.0 Å². The first-order valence-corrected chi connectivity index (χ1v) is 5.22. The lowest BCUT2D eigenvalue weighted by atomic mass is 9.92. The molecule has 0 bridgehead atoms. The van der Waals surface area contributed by atoms with Crippen LogP contribution in [0.25, 0.3) is 0 Å². The molecule has 1 aromatic heterocycles. The molecule has 1 aromatic rings. The summed E-state index contributed by atoms with van der Waals surface area (Å²) in [7, 11) is 0. The van der Waals surface area contributed by atoms with Crippen molar-refractivity contribution in [2.45, 2.75) is 25.2 Å². The molecule has 1 atom stereocenters. The van der Waals surface area contributed by atoms with Crippen molar-refractivity contribution >= 4 is 0 Å². The van der Waals surface area contributed by atoms with Crippen molar-refractivity contribution in [3.8, 4) is 0 Å². The van der Waals surface area contributed by atoms with Gasteiger partial charge in [-0.25, -0.2) is 8.78 Å². The minimum Gasteiger partial charge on any atom is -0.316 e. The zero-order chi connectivity index (χ0) is 10.7. The molecule has 82 valence electrons. The molecule has 1 unspecified atom stereocenters. The summed E-state index contributed by atoms with van der Waals surface area (Å²) < 4.78 is 24.9. The normalized spacial score (nSPS) is 21.9. The summed E-state index contributed by atoms with van der Waals surface area (Å²) >= 11 is 0. The van der Waals surface area contributed by atoms with Gasteiger partial charge in [-0.15, -0.1) is 0 Å². The van der Waals surface area contributed by atoms with E-state index in [0.717, 1.165) is 31.5 Å². The number of halogens is 2. The number of rotatable bonds is 2. The van der Waals surface area contributed by atoms with Crippen LogP contribution in [-0.4, -0.2) is 18.1 Å². The molecule has 2 rings (SSSR count). The highest BCUT2D eigenvalue weighted by molar-refractivity contribution is 5.22. The Morgan fingerprint density at radius 1 is 1.47 bits per heavy atom. The zero-order valence-electron chi connectivity index (χ0n) is 8.42. The second-order valence-electron chi connectivity index (χ2n) is 3.86. The molecular formula is C11H14F2N2. The maximum atomic E-state index is 12.4. The molecule has 1 N–H and O–H groups in total. The molecular weight excluding hydrogens is 198 g/mol. The molecule has 1 aliphatic heterocycles. The monoisotopic (exact) mass is 212 g/mol. The second kappa shape index (κ2) is 4.66. The Balaban J connectivity index is 2.16. The van der Waals surface area contributed by atoms with Gasteiger partial charge in [0.05, 0.1) is 0 Å². The van der Waals surface area contributed by atoms with Crippen molar-refractivity contribution in [1.29, 1.82) is 0 Å². The van der Waals surface area contributed by atoms with Crippen LogP contribution in [0, 0.1) is 0 Å². The van der Waals surface area contributed by atoms with E-state index in [2.05, 4.69) is 10.3 Å². The number of nitrogens with one attached hydrogen (secondary N) is 1. The Morgan fingerprint density at radius 2 is 2.33 bits per heavy atom. The lowest BCUT2D eigenvalue weighted by Crippen LogP contribution is -2.28. The van der Waals surface area contributed by atoms with E-state index in [9.17, 15) is 8.78 Å². The number of aromatic nitrogens is 1. The predicted octanol–water partition coefficient (Wildman–Crippen LogP) is 2.49. The Bertz CT molecular complexity index is 322. The molecule has 1 saturated heterocycles. The SMILES string of the molecule is FC(F)c1cc(C2CCCNC2)ccn1. The summed E-state index contributed by atoms with van der Waals surface area (Å²) in [5.74, 6) is 0.360. The third-order valence-electron chi connectivity index (χ3n) is 2.80. The summed E-state index contributed by atoms with van der Waals surface area (Å²) in [6.07, 6.45) is 1.18. The second-order valence-corrected chi connectivity index (χ2v) is 3.86. The van der Waals surface area contributed by atoms with Gasteiger partial charge >= 0.3 is 0 Å². The van der Waals surface area contributed by atoms with Crippen molar-refractivity contribution in [2.75, 3.05) is 13.1 Å². The lowest BCUT2D eigenvalue weighted by molar-refractivity contribution is 0.146. The highest BCUT2D eigenvalue weighted by Gasteiger charge is 2.17. The van der Waals surface area contributed by atoms with Crippen molar-refractivity contribution in [1.82, 2.24) is 10.3 Å². The fraction of sp³-hybridized carbons (Fsp3) is 0.545. The summed E-state index contributed by atoms with van der Waals surface area (Å²) in [6, 6.07) is 3.37. The van der Waals surface area contributed by atoms with Crippen LogP contribution < -0.4 is 5.32 Å². The van der Waals surface area contributed by atoms with Gasteiger partial charge in [0.1, 0.15) is 5.69 Å². The molecule has 0 aliphatic carbocycles. The summed E-state index contributed by atoms with van der Waals surface area (Å²) in [5.41, 5.74) is 0.866. The molecule has 0 radical (unpaired) electrons. The van der Waals surface area contributed by atoms with E-state index in [1.165, 1.54) is 12.3 Å². The minimum absolute atomic E-state index is 0.113. The van der Waals surface area contributed by atoms with Crippen LogP contribution in [0.1, 0.15) is 36.4 Å². The van der Waals surface area contributed by atoms with E-state index in [-0.39, 0.29) is 5.69 Å². The van der Waals surface area contributed by atoms with Crippen LogP contribution in [0.3, 0.4) is 0 Å². The highest BCUT2D eigenvalue weighted by Crippen LogP contribution is 2.25. The molecule has 0 spiro atoms. The zero-order valence-corrected chi connectivity index (χ0v) is 8.42. The van der Waals surface area contributed by atoms with Gasteiger partial charge in [-0.2, -0.15) is 0 Å². The van der Waals surface area contributed by atoms with Gasteiger partial charge in [0, 0.05) is 12.7 Å². The number of hydrogen-bond donors (Lipinski definition) is 1. The van der Waals surface area contributed by atoms with E-state index in [0.29, 0.717) is 5.92 Å². The van der Waals surface area contributed by atoms with Crippen LogP contribution in [0.2, 0.25) is 0 Å². The van der Waals surface area contributed by atoms with E-state index >= 15 is 0 Å². The topological polar surface area (TPSA) is 24.9 Å². The van der Waals surface area contributed by atoms with Crippen molar-refractivity contribution in [3.05, 3.63) is 29.6 Å². The molecule has 2 nitrogen and oxygen atoms in total. The predicted molar refractivity (Wildman–Crippen MR) is 54.0 cm³/mol. The largest absolute Gasteiger partial charge is 0.316 e. The number of piperidine rings is 1. The van der Waals surface area contributed by atoms with Crippen molar-refractivity contribution in [3.63, 3.8) is 0 Å². The van der Waals surface area contributed by atoms with Crippen LogP contribution in [0.15, 0.2) is 18.3 Å². The fourth-order valence-electron chi connectivity index (χ4n) is 1.98. The van der Waals surface area contributed by atoms with Crippen LogP contribution in [0.5, 0.6) is 0 Å². The average molecular weight is 212 g/mol. The first kappa shape index (κ1) is 10.5. The van der Waals surface area contributed by atoms with Gasteiger partial charge in [-0.1, -0.05) is 0 Å². The Morgan fingerprint density at radius 3 is 3.00 bits per heavy atom. The van der Waals surface area contributed by atoms with Gasteiger partial charge in [0.25, 0.3) is 6.43 Å². The maximum absolute atomic E-state index is 12.4. The summed E-state index contributed by atoms with van der Waals surface area (Å²) in [6.45, 7) is 1.91. The number of hydrogen-bond acceptors (Lipinski definition) is 2. The molecule has 1 aliphatic rings. The summed E-state index contributed by atoms with van der Waals surface area (Å²) in [4.78, 5) is 3.66. The van der Waals surface area contributed by atoms with Crippen LogP contribution >= 0.6 is 0 Å². The number of nitrogens with zero attached hydrogens (tertiary/aromatic N) is 1. The van der Waals surface area contributed by atoms with E-state index in [1.54, 1.807) is 0 Å². The smallest absolute Gasteiger partial charge is 0.280 e. The number of alkyl halides is 2. The quantitative estimate of drug-likeness (QED) is 0.814. The van der Waals surface area contributed by atoms with Crippen LogP contribution in [0.4, 0.5) is 8.78 Å². The Kier molecular flexibility index (Phi) is 3.26. The van der Waals surface area contributed by atoms with Gasteiger partial charge in [0.2, 0.25) is 0 Å². The van der Waals surface area contributed by atoms with E-state index in [4.69, 9.17) is 0 Å². The van der Waals surface area contributed by atoms with Crippen molar-refractivity contribution in [2.24, 2.45) is 0 Å². The molecule has 0 saturated carbocycles. The standard InChI is InChI=1S/C11H14F2N2/c12-11(13)10-6-8(3-5-15-10)9-2-1-4-14-7-9/h3,5-6,9,11,14H,1-2,4,7H2. The van der Waals surface area contributed by atoms with E-state index < -0.39 is 6.43 Å². The van der Waals surface area contributed by atoms with E-state index in [1.807, 2.05) is 6.07 Å². The molecule has 1 fully saturated rings. The fourth-order valence-corrected chi connectivity index (χ4v) is 1.98. The lowest BCUT2D eigenvalue weighted by Gasteiger charge is -2.23. The molecule has 2 heterocycles. The van der Waals surface area contributed by atoms with Gasteiger partial charge in [-0.3, -0.25) is 4.98 Å². The molecule has 0 amide bonds. The minimum atomic E-state index is -2.47. The molecule has 15 heavy (non-hydrogen) atoms. The Hall–Kier alpha value is -1.03. The third kappa shape index (κ3) is 2.50. The van der Waals surface area contributed by atoms with Gasteiger partial charge < -0.3 is 5.32 Å². The molecule has 4 heteroatoms. The van der Waals surface area contributed by atoms with Crippen molar-refractivity contribution < 1.29 is 8.78 Å². The Labute approximate surface area is 87.7 Å². The average Bonchev–Trinajstić information content (AvgIpc) is 2.30. The van der Waals surface area contributed by atoms with Gasteiger partial charge in [0.15, 0.2) is 0 Å². The van der Waals surface area contributed by atoms with Crippen LogP contribution in [-0.2, 0) is 0 Å². The maximum Gasteiger partial charge on any atom is 0.280 e.